The highest BCUT2D eigenvalue weighted by Gasteiger charge is 2.12. The zero-order valence-corrected chi connectivity index (χ0v) is 32.5. The number of thiazole rings is 2. The topological polar surface area (TPSA) is 121 Å². The van der Waals surface area contributed by atoms with Crippen molar-refractivity contribution in [2.24, 2.45) is 0 Å². The fourth-order valence-electron chi connectivity index (χ4n) is 5.11. The number of benzene rings is 5. The summed E-state index contributed by atoms with van der Waals surface area (Å²) in [5, 5.41) is 5.85. The molecule has 2 amide bonds. The van der Waals surface area contributed by atoms with Crippen molar-refractivity contribution in [2.75, 3.05) is 35.4 Å². The number of hydrogen-bond donors (Lipinski definition) is 2. The van der Waals surface area contributed by atoms with Crippen LogP contribution in [-0.2, 0) is 9.59 Å². The molecule has 0 fully saturated rings. The second-order valence-corrected chi connectivity index (χ2v) is 16.0. The first-order chi connectivity index (χ1) is 26.4. The lowest BCUT2D eigenvalue weighted by atomic mass is 10.3. The van der Waals surface area contributed by atoms with Gasteiger partial charge in [0.1, 0.15) is 34.5 Å². The average Bonchev–Trinajstić information content (AvgIpc) is 3.79. The van der Waals surface area contributed by atoms with E-state index in [-0.39, 0.29) is 23.3 Å². The van der Waals surface area contributed by atoms with Crippen LogP contribution in [0.1, 0.15) is 13.8 Å². The van der Waals surface area contributed by atoms with E-state index in [9.17, 15) is 9.59 Å². The van der Waals surface area contributed by atoms with Gasteiger partial charge in [0.05, 0.1) is 45.2 Å². The van der Waals surface area contributed by atoms with Crippen molar-refractivity contribution in [3.8, 4) is 34.5 Å². The summed E-state index contributed by atoms with van der Waals surface area (Å²) in [7, 11) is 0. The summed E-state index contributed by atoms with van der Waals surface area (Å²) < 4.78 is 26.8. The monoisotopic (exact) mass is 794 g/mol. The van der Waals surface area contributed by atoms with Crippen molar-refractivity contribution in [1.29, 1.82) is 0 Å². The molecule has 7 aromatic rings. The normalized spacial score (nSPS) is 11.0. The molecule has 274 valence electrons. The molecular weight excluding hydrogens is 761 g/mol. The van der Waals surface area contributed by atoms with Crippen LogP contribution < -0.4 is 29.6 Å². The van der Waals surface area contributed by atoms with Gasteiger partial charge in [0.15, 0.2) is 8.68 Å². The van der Waals surface area contributed by atoms with Crippen LogP contribution in [0.2, 0.25) is 0 Å². The van der Waals surface area contributed by atoms with Crippen molar-refractivity contribution in [1.82, 2.24) is 9.97 Å². The van der Waals surface area contributed by atoms with E-state index in [4.69, 9.17) is 18.9 Å². The number of ether oxygens (including phenoxy) is 4. The Morgan fingerprint density at radius 2 is 0.889 bits per heavy atom. The van der Waals surface area contributed by atoms with Gasteiger partial charge in [0.2, 0.25) is 11.8 Å². The van der Waals surface area contributed by atoms with Gasteiger partial charge >= 0.3 is 0 Å². The summed E-state index contributed by atoms with van der Waals surface area (Å²) in [6.45, 7) is 5.12. The van der Waals surface area contributed by atoms with Gasteiger partial charge in [-0.3, -0.25) is 9.59 Å². The van der Waals surface area contributed by atoms with Crippen molar-refractivity contribution in [3.05, 3.63) is 109 Å². The second-order valence-electron chi connectivity index (χ2n) is 11.5. The molecule has 2 N–H and O–H groups in total. The Labute approximate surface area is 328 Å². The molecule has 14 heteroatoms. The molecule has 0 radical (unpaired) electrons. The third kappa shape index (κ3) is 10.0. The third-order valence-corrected chi connectivity index (χ3v) is 11.8. The van der Waals surface area contributed by atoms with E-state index in [1.165, 1.54) is 23.5 Å². The number of hydrogen-bond acceptors (Lipinski definition) is 12. The summed E-state index contributed by atoms with van der Waals surface area (Å²) in [4.78, 5) is 34.4. The van der Waals surface area contributed by atoms with Crippen LogP contribution in [0.15, 0.2) is 118 Å². The van der Waals surface area contributed by atoms with Crippen LogP contribution in [0.25, 0.3) is 20.4 Å². The van der Waals surface area contributed by atoms with Crippen molar-refractivity contribution in [3.63, 3.8) is 0 Å². The Kier molecular flexibility index (Phi) is 12.1. The predicted octanol–water partition coefficient (Wildman–Crippen LogP) is 10.7. The molecule has 0 saturated heterocycles. The maximum Gasteiger partial charge on any atom is 0.234 e. The van der Waals surface area contributed by atoms with E-state index < -0.39 is 0 Å². The number of anilines is 2. The minimum atomic E-state index is -0.119. The number of nitrogens with one attached hydrogen (secondary N) is 2. The highest BCUT2D eigenvalue weighted by molar-refractivity contribution is 8.02. The minimum absolute atomic E-state index is 0.119. The second kappa shape index (κ2) is 17.7. The maximum absolute atomic E-state index is 12.6. The standard InChI is InChI=1S/C40H34N4O6S4/c1-3-47-31-17-19-33-35(21-31)53-39(43-33)51-23-37(45)41-25-5-9-27(10-6-25)49-29-13-15-30(16-14-29)50-28-11-7-26(8-12-28)42-38(46)24-52-40-44-34-20-18-32(48-4-2)22-36(34)54-40/h5-22H,3-4,23-24H2,1-2H3,(H,41,45)(H,42,46). The summed E-state index contributed by atoms with van der Waals surface area (Å²) >= 11 is 5.90. The molecule has 7 rings (SSSR count). The first kappa shape index (κ1) is 37.1. The van der Waals surface area contributed by atoms with Gasteiger partial charge in [-0.05, 0) is 123 Å². The average molecular weight is 795 g/mol. The van der Waals surface area contributed by atoms with Gasteiger partial charge in [-0.2, -0.15) is 0 Å². The molecule has 0 aliphatic carbocycles. The minimum Gasteiger partial charge on any atom is -0.494 e. The molecule has 0 bridgehead atoms. The van der Waals surface area contributed by atoms with Gasteiger partial charge < -0.3 is 29.6 Å². The van der Waals surface area contributed by atoms with Gasteiger partial charge in [-0.25, -0.2) is 9.97 Å². The number of amides is 2. The maximum atomic E-state index is 12.6. The van der Waals surface area contributed by atoms with Crippen LogP contribution >= 0.6 is 46.2 Å². The van der Waals surface area contributed by atoms with E-state index in [1.807, 2.05) is 74.5 Å². The van der Waals surface area contributed by atoms with Gasteiger partial charge in [-0.1, -0.05) is 23.5 Å². The number of rotatable bonds is 16. The van der Waals surface area contributed by atoms with Gasteiger partial charge in [0.25, 0.3) is 0 Å². The molecule has 0 atom stereocenters. The van der Waals surface area contributed by atoms with E-state index in [1.54, 1.807) is 71.2 Å². The Morgan fingerprint density at radius 1 is 0.537 bits per heavy atom. The summed E-state index contributed by atoms with van der Waals surface area (Å²) in [5.74, 6) is 4.41. The quantitative estimate of drug-likeness (QED) is 0.0915. The van der Waals surface area contributed by atoms with Crippen LogP contribution in [-0.4, -0.2) is 46.5 Å². The number of thioether (sulfide) groups is 2. The molecule has 0 aliphatic heterocycles. The third-order valence-electron chi connectivity index (χ3n) is 7.53. The van der Waals surface area contributed by atoms with Crippen LogP contribution in [0.4, 0.5) is 11.4 Å². The molecule has 54 heavy (non-hydrogen) atoms. The van der Waals surface area contributed by atoms with Crippen molar-refractivity contribution < 1.29 is 28.5 Å². The Balaban J connectivity index is 0.832. The number of carbonyl (C=O) groups is 2. The number of fused-ring (bicyclic) bond motifs is 2. The highest BCUT2D eigenvalue weighted by Crippen LogP contribution is 2.34. The van der Waals surface area contributed by atoms with E-state index in [0.29, 0.717) is 47.6 Å². The SMILES string of the molecule is CCOc1ccc2nc(SCC(=O)Nc3ccc(Oc4ccc(Oc5ccc(NC(=O)CSc6nc7ccc(OCC)cc7s6)cc5)cc4)cc3)sc2c1. The lowest BCUT2D eigenvalue weighted by Crippen LogP contribution is -2.13. The largest absolute Gasteiger partial charge is 0.494 e. The molecule has 0 aliphatic rings. The molecule has 0 saturated carbocycles. The zero-order valence-electron chi connectivity index (χ0n) is 29.2. The van der Waals surface area contributed by atoms with Gasteiger partial charge in [-0.15, -0.1) is 22.7 Å². The lowest BCUT2D eigenvalue weighted by molar-refractivity contribution is -0.114. The summed E-state index contributed by atoms with van der Waals surface area (Å²) in [6.07, 6.45) is 0. The van der Waals surface area contributed by atoms with E-state index in [0.717, 1.165) is 40.6 Å². The Hall–Kier alpha value is -5.28. The van der Waals surface area contributed by atoms with Gasteiger partial charge in [0, 0.05) is 11.4 Å². The molecule has 2 aromatic heterocycles. The Morgan fingerprint density at radius 3 is 1.26 bits per heavy atom. The van der Waals surface area contributed by atoms with Crippen molar-refractivity contribution in [2.45, 2.75) is 22.5 Å². The first-order valence-electron chi connectivity index (χ1n) is 17.0. The highest BCUT2D eigenvalue weighted by atomic mass is 32.2. The molecule has 5 aromatic carbocycles. The number of aromatic nitrogens is 2. The van der Waals surface area contributed by atoms with Crippen LogP contribution in [0, 0.1) is 0 Å². The van der Waals surface area contributed by atoms with E-state index in [2.05, 4.69) is 20.6 Å². The van der Waals surface area contributed by atoms with E-state index >= 15 is 0 Å². The Bertz CT molecular complexity index is 2200. The smallest absolute Gasteiger partial charge is 0.234 e. The van der Waals surface area contributed by atoms with Crippen LogP contribution in [0.5, 0.6) is 34.5 Å². The lowest BCUT2D eigenvalue weighted by Gasteiger charge is -2.10. The summed E-state index contributed by atoms with van der Waals surface area (Å²) in [5.41, 5.74) is 3.13. The zero-order chi connectivity index (χ0) is 37.3. The molecular formula is C40H34N4O6S4. The molecule has 0 unspecified atom stereocenters. The fourth-order valence-corrected chi connectivity index (χ4v) is 8.91. The number of nitrogens with zero attached hydrogens (tertiary/aromatic N) is 2. The molecule has 0 spiro atoms. The van der Waals surface area contributed by atoms with Crippen molar-refractivity contribution >= 4 is 89.8 Å². The first-order valence-corrected chi connectivity index (χ1v) is 20.6. The summed E-state index contributed by atoms with van der Waals surface area (Å²) in [6, 6.07) is 33.3. The predicted molar refractivity (Wildman–Crippen MR) is 220 cm³/mol. The number of carbonyl (C=O) groups excluding carboxylic acids is 2. The molecule has 2 heterocycles. The fraction of sp³-hybridized carbons (Fsp3) is 0.150. The molecule has 10 nitrogen and oxygen atoms in total. The van der Waals surface area contributed by atoms with Crippen LogP contribution in [0.3, 0.4) is 0 Å².